The third kappa shape index (κ3) is 4.45. The normalized spacial score (nSPS) is 14.5. The lowest BCUT2D eigenvalue weighted by atomic mass is 10.1. The summed E-state index contributed by atoms with van der Waals surface area (Å²) in [5, 5.41) is 2.94. The van der Waals surface area contributed by atoms with Gasteiger partial charge in [-0.3, -0.25) is 14.3 Å². The molecule has 2 unspecified atom stereocenters. The van der Waals surface area contributed by atoms with E-state index in [1.165, 1.54) is 29.1 Å². The Bertz CT molecular complexity index is 1110. The van der Waals surface area contributed by atoms with Crippen molar-refractivity contribution in [3.63, 3.8) is 0 Å². The number of anilines is 1. The van der Waals surface area contributed by atoms with Crippen LogP contribution in [0.2, 0.25) is 5.02 Å². The third-order valence-electron chi connectivity index (χ3n) is 4.12. The molecule has 1 N–H and O–H groups in total. The summed E-state index contributed by atoms with van der Waals surface area (Å²) < 4.78 is 15.2. The molecule has 0 saturated carbocycles. The van der Waals surface area contributed by atoms with Gasteiger partial charge in [0.15, 0.2) is 0 Å². The van der Waals surface area contributed by atoms with Crippen LogP contribution in [0.4, 0.5) is 5.69 Å². The van der Waals surface area contributed by atoms with Gasteiger partial charge in [0.05, 0.1) is 5.69 Å². The quantitative estimate of drug-likeness (QED) is 0.334. The van der Waals surface area contributed by atoms with Crippen LogP contribution in [-0.4, -0.2) is 17.5 Å². The van der Waals surface area contributed by atoms with Gasteiger partial charge in [-0.05, 0) is 52.7 Å². The van der Waals surface area contributed by atoms with Crippen molar-refractivity contribution in [2.75, 3.05) is 11.6 Å². The Balaban J connectivity index is 2.15. The lowest BCUT2D eigenvalue weighted by molar-refractivity contribution is -0.117. The number of carbonyl (C=O) groups excluding carboxylic acids is 1. The number of amides is 1. The number of fused-ring (bicyclic) bond motifs is 1. The second kappa shape index (κ2) is 8.42. The molecule has 3 rings (SSSR count). The summed E-state index contributed by atoms with van der Waals surface area (Å²) in [5.41, 5.74) is -0.227. The number of thiophene rings is 1. The molecule has 0 radical (unpaired) electrons. The van der Waals surface area contributed by atoms with E-state index in [9.17, 15) is 14.3 Å². The molecule has 1 amide bonds. The zero-order chi connectivity index (χ0) is 20.6. The van der Waals surface area contributed by atoms with Gasteiger partial charge in [0, 0.05) is 31.5 Å². The van der Waals surface area contributed by atoms with Crippen LogP contribution >= 0.6 is 62.2 Å². The van der Waals surface area contributed by atoms with Gasteiger partial charge in [0.1, 0.15) is 5.66 Å². The first-order valence-electron chi connectivity index (χ1n) is 8.00. The van der Waals surface area contributed by atoms with Crippen LogP contribution in [0, 0.1) is 0 Å². The Hall–Kier alpha value is -0.950. The Morgan fingerprint density at radius 3 is 2.50 bits per heavy atom. The third-order valence-corrected chi connectivity index (χ3v) is 7.71. The predicted molar refractivity (Wildman–Crippen MR) is 125 cm³/mol. The molecule has 0 aliphatic carbocycles. The Labute approximate surface area is 188 Å². The molecular weight excluding hydrogens is 549 g/mol. The van der Waals surface area contributed by atoms with Crippen LogP contribution in [0.15, 0.2) is 63.5 Å². The topological polar surface area (TPSA) is 57.6 Å². The van der Waals surface area contributed by atoms with E-state index in [2.05, 4.69) is 38.4 Å². The first-order valence-corrected chi connectivity index (χ1v) is 13.0. The molecule has 1 aromatic heterocycles. The van der Waals surface area contributed by atoms with Gasteiger partial charge >= 0.3 is 0 Å². The number of hydrogen-bond acceptors (Lipinski definition) is 3. The molecule has 0 spiro atoms. The molecule has 28 heavy (non-hydrogen) atoms. The van der Waals surface area contributed by atoms with E-state index in [1.54, 1.807) is 29.6 Å². The van der Waals surface area contributed by atoms with E-state index in [0.717, 1.165) is 13.6 Å². The van der Waals surface area contributed by atoms with Crippen molar-refractivity contribution in [2.24, 2.45) is 0 Å². The van der Waals surface area contributed by atoms with Crippen LogP contribution in [0.3, 0.4) is 0 Å². The second-order valence-electron chi connectivity index (χ2n) is 6.20. The van der Waals surface area contributed by atoms with E-state index in [1.807, 2.05) is 12.1 Å². The first kappa shape index (κ1) is 21.8. The van der Waals surface area contributed by atoms with Crippen LogP contribution in [0.5, 0.6) is 0 Å². The summed E-state index contributed by atoms with van der Waals surface area (Å²) in [6, 6.07) is 10.6. The highest BCUT2D eigenvalue weighted by Crippen LogP contribution is 2.55. The summed E-state index contributed by atoms with van der Waals surface area (Å²) in [5.74, 6) is -0.534. The van der Waals surface area contributed by atoms with Gasteiger partial charge in [0.25, 0.3) is 0 Å². The fourth-order valence-corrected chi connectivity index (χ4v) is 6.74. The number of benzene rings is 2. The summed E-state index contributed by atoms with van der Waals surface area (Å²) in [7, 11) is -3.85. The van der Waals surface area contributed by atoms with Crippen molar-refractivity contribution in [3.8, 4) is 0 Å². The molecular formula is C19H15Br2ClNO3PS. The smallest absolute Gasteiger partial charge is 0.248 e. The SMILES string of the molecule is C=CN(C(=O)C(c1csc2ccc(Cl)cc12)P(C)(=O)O)c1cc(Br)cc(Br)c1. The number of halogens is 3. The predicted octanol–water partition coefficient (Wildman–Crippen LogP) is 7.20. The van der Waals surface area contributed by atoms with E-state index in [-0.39, 0.29) is 0 Å². The number of rotatable bonds is 5. The van der Waals surface area contributed by atoms with Gasteiger partial charge in [-0.15, -0.1) is 11.3 Å². The lowest BCUT2D eigenvalue weighted by Gasteiger charge is -2.26. The largest absolute Gasteiger partial charge is 0.344 e. The fourth-order valence-electron chi connectivity index (χ4n) is 2.96. The van der Waals surface area contributed by atoms with Crippen LogP contribution in [-0.2, 0) is 9.36 Å². The molecule has 146 valence electrons. The highest BCUT2D eigenvalue weighted by molar-refractivity contribution is 9.11. The molecule has 2 aromatic carbocycles. The fraction of sp³-hybridized carbons (Fsp3) is 0.105. The molecule has 2 atom stereocenters. The standard InChI is InChI=1S/C19H15Br2ClNO3PS/c1-3-23(14-7-11(20)6-12(21)8-14)19(24)18(27(2,25)26)16-10-28-17-5-4-13(22)9-15(16)17/h3-10,18H,1H2,2H3,(H,25,26). The summed E-state index contributed by atoms with van der Waals surface area (Å²) in [6.07, 6.45) is 1.35. The summed E-state index contributed by atoms with van der Waals surface area (Å²) in [4.78, 5) is 25.2. The number of hydrogen-bond donors (Lipinski definition) is 1. The van der Waals surface area contributed by atoms with E-state index < -0.39 is 18.9 Å². The molecule has 0 fully saturated rings. The van der Waals surface area contributed by atoms with Gasteiger partial charge in [-0.2, -0.15) is 0 Å². The summed E-state index contributed by atoms with van der Waals surface area (Å²) >= 11 is 14.3. The van der Waals surface area contributed by atoms with Crippen LogP contribution in [0.1, 0.15) is 11.2 Å². The minimum absolute atomic E-state index is 0.488. The molecule has 0 saturated heterocycles. The number of carbonyl (C=O) groups is 1. The maximum atomic E-state index is 13.4. The van der Waals surface area contributed by atoms with Crippen LogP contribution in [0.25, 0.3) is 10.1 Å². The maximum absolute atomic E-state index is 13.4. The van der Waals surface area contributed by atoms with E-state index >= 15 is 0 Å². The van der Waals surface area contributed by atoms with Crippen molar-refractivity contribution in [3.05, 3.63) is 74.1 Å². The molecule has 3 aromatic rings. The average molecular weight is 564 g/mol. The van der Waals surface area contributed by atoms with Crippen LogP contribution < -0.4 is 4.90 Å². The highest BCUT2D eigenvalue weighted by Gasteiger charge is 2.39. The summed E-state index contributed by atoms with van der Waals surface area (Å²) in [6.45, 7) is 4.92. The Kier molecular flexibility index (Phi) is 6.54. The maximum Gasteiger partial charge on any atom is 0.248 e. The molecule has 0 aliphatic heterocycles. The van der Waals surface area contributed by atoms with Crippen molar-refractivity contribution in [1.82, 2.24) is 0 Å². The lowest BCUT2D eigenvalue weighted by Crippen LogP contribution is -2.30. The molecule has 1 heterocycles. The Morgan fingerprint density at radius 2 is 1.93 bits per heavy atom. The number of nitrogens with zero attached hydrogens (tertiary/aromatic N) is 1. The van der Waals surface area contributed by atoms with Crippen molar-refractivity contribution >= 4 is 83.8 Å². The molecule has 0 aliphatic rings. The monoisotopic (exact) mass is 561 g/mol. The average Bonchev–Trinajstić information content (AvgIpc) is 2.96. The van der Waals surface area contributed by atoms with Crippen molar-refractivity contribution in [1.29, 1.82) is 0 Å². The zero-order valence-corrected chi connectivity index (χ0v) is 20.2. The minimum Gasteiger partial charge on any atom is -0.344 e. The minimum atomic E-state index is -3.85. The van der Waals surface area contributed by atoms with Crippen molar-refractivity contribution in [2.45, 2.75) is 5.66 Å². The van der Waals surface area contributed by atoms with Gasteiger partial charge < -0.3 is 4.89 Å². The second-order valence-corrected chi connectivity index (χ2v) is 11.8. The molecule has 0 bridgehead atoms. The van der Waals surface area contributed by atoms with E-state index in [0.29, 0.717) is 21.7 Å². The highest BCUT2D eigenvalue weighted by atomic mass is 79.9. The van der Waals surface area contributed by atoms with Gasteiger partial charge in [-0.25, -0.2) is 0 Å². The van der Waals surface area contributed by atoms with Gasteiger partial charge in [-0.1, -0.05) is 50.0 Å². The molecule has 9 heteroatoms. The molecule has 4 nitrogen and oxygen atoms in total. The van der Waals surface area contributed by atoms with Crippen molar-refractivity contribution < 1.29 is 14.3 Å². The van der Waals surface area contributed by atoms with Gasteiger partial charge in [0.2, 0.25) is 13.3 Å². The zero-order valence-electron chi connectivity index (χ0n) is 14.6. The Morgan fingerprint density at radius 1 is 1.29 bits per heavy atom. The first-order chi connectivity index (χ1) is 13.1. The van der Waals surface area contributed by atoms with E-state index in [4.69, 9.17) is 11.6 Å².